The Kier molecular flexibility index (Phi) is 5.38. The maximum Gasteiger partial charge on any atom is 0.337 e. The van der Waals surface area contributed by atoms with E-state index in [4.69, 9.17) is 4.74 Å². The number of hydrogen-bond acceptors (Lipinski definition) is 3. The van der Waals surface area contributed by atoms with Crippen LogP contribution in [-0.4, -0.2) is 23.6 Å². The van der Waals surface area contributed by atoms with Crippen molar-refractivity contribution in [2.75, 3.05) is 12.0 Å². The van der Waals surface area contributed by atoms with Gasteiger partial charge in [0.25, 0.3) is 5.91 Å². The molecule has 5 heteroatoms. The molecule has 168 valence electrons. The van der Waals surface area contributed by atoms with E-state index in [0.717, 1.165) is 39.6 Å². The summed E-state index contributed by atoms with van der Waals surface area (Å²) in [5.74, 6) is -0.404. The number of nitrogens with zero attached hydrogens (tertiary/aromatic N) is 2. The van der Waals surface area contributed by atoms with Gasteiger partial charge in [0.1, 0.15) is 0 Å². The van der Waals surface area contributed by atoms with Crippen LogP contribution < -0.4 is 4.90 Å². The first kappa shape index (κ1) is 21.5. The van der Waals surface area contributed by atoms with Gasteiger partial charge in [-0.2, -0.15) is 0 Å². The summed E-state index contributed by atoms with van der Waals surface area (Å²) in [7, 11) is 1.37. The molecule has 0 bridgehead atoms. The van der Waals surface area contributed by atoms with Crippen LogP contribution >= 0.6 is 0 Å². The van der Waals surface area contributed by atoms with Gasteiger partial charge in [-0.25, -0.2) is 4.79 Å². The summed E-state index contributed by atoms with van der Waals surface area (Å²) in [4.78, 5) is 27.1. The average Bonchev–Trinajstić information content (AvgIpc) is 3.31. The Bertz CT molecular complexity index is 1430. The quantitative estimate of drug-likeness (QED) is 0.280. The molecule has 0 unspecified atom stereocenters. The highest BCUT2D eigenvalue weighted by Gasteiger charge is 2.33. The lowest BCUT2D eigenvalue weighted by molar-refractivity contribution is -0.112. The molecule has 1 aliphatic rings. The fourth-order valence-corrected chi connectivity index (χ4v) is 4.57. The highest BCUT2D eigenvalue weighted by molar-refractivity contribution is 6.38. The van der Waals surface area contributed by atoms with E-state index in [1.807, 2.05) is 86.7 Å². The van der Waals surface area contributed by atoms with Crippen molar-refractivity contribution in [3.05, 3.63) is 113 Å². The van der Waals surface area contributed by atoms with Gasteiger partial charge < -0.3 is 9.30 Å². The van der Waals surface area contributed by atoms with Crippen molar-refractivity contribution in [3.8, 4) is 5.69 Å². The molecule has 5 rings (SSSR count). The van der Waals surface area contributed by atoms with Gasteiger partial charge in [-0.3, -0.25) is 9.69 Å². The van der Waals surface area contributed by atoms with E-state index in [1.165, 1.54) is 7.11 Å². The Labute approximate surface area is 198 Å². The zero-order chi connectivity index (χ0) is 23.8. The van der Waals surface area contributed by atoms with E-state index in [0.29, 0.717) is 11.1 Å². The molecule has 4 aromatic rings. The number of carbonyl (C=O) groups is 2. The minimum Gasteiger partial charge on any atom is -0.465 e. The zero-order valence-electron chi connectivity index (χ0n) is 19.3. The van der Waals surface area contributed by atoms with Crippen LogP contribution in [0, 0.1) is 13.8 Å². The van der Waals surface area contributed by atoms with Crippen LogP contribution in [0.5, 0.6) is 0 Å². The normalized spacial score (nSPS) is 13.9. The van der Waals surface area contributed by atoms with E-state index < -0.39 is 0 Å². The second kappa shape index (κ2) is 8.52. The number of esters is 1. The lowest BCUT2D eigenvalue weighted by atomic mass is 10.0. The van der Waals surface area contributed by atoms with E-state index in [1.54, 1.807) is 17.0 Å². The van der Waals surface area contributed by atoms with Crippen molar-refractivity contribution in [1.29, 1.82) is 0 Å². The average molecular weight is 449 g/mol. The van der Waals surface area contributed by atoms with Gasteiger partial charge in [0.05, 0.1) is 23.9 Å². The second-order valence-electron chi connectivity index (χ2n) is 8.25. The first-order chi connectivity index (χ1) is 16.5. The SMILES string of the molecule is COC(=O)c1ccc(-n2c(C)cc(/C=C3/C(=O)N(c4ccccc4)c4ccccc43)c2C)cc1. The Morgan fingerprint density at radius 1 is 0.853 bits per heavy atom. The van der Waals surface area contributed by atoms with Crippen LogP contribution in [0.4, 0.5) is 11.4 Å². The molecule has 1 aliphatic heterocycles. The molecule has 0 fully saturated rings. The topological polar surface area (TPSA) is 51.5 Å². The van der Waals surface area contributed by atoms with Gasteiger partial charge in [0.2, 0.25) is 0 Å². The number of fused-ring (bicyclic) bond motifs is 1. The molecular weight excluding hydrogens is 424 g/mol. The molecule has 5 nitrogen and oxygen atoms in total. The molecule has 0 aliphatic carbocycles. The van der Waals surface area contributed by atoms with Crippen LogP contribution in [0.3, 0.4) is 0 Å². The standard InChI is InChI=1S/C29H24N2O3/c1-19-17-22(20(2)30(19)24-15-13-21(14-16-24)29(33)34-3)18-26-25-11-7-8-12-27(25)31(28(26)32)23-9-5-4-6-10-23/h4-18H,1-3H3/b26-18+. The highest BCUT2D eigenvalue weighted by Crippen LogP contribution is 2.42. The Morgan fingerprint density at radius 3 is 2.24 bits per heavy atom. The summed E-state index contributed by atoms with van der Waals surface area (Å²) < 4.78 is 6.92. The summed E-state index contributed by atoms with van der Waals surface area (Å²) in [6, 6.07) is 27.0. The monoisotopic (exact) mass is 448 g/mol. The van der Waals surface area contributed by atoms with Crippen LogP contribution in [-0.2, 0) is 9.53 Å². The summed E-state index contributed by atoms with van der Waals surface area (Å²) in [6.07, 6.45) is 1.98. The van der Waals surface area contributed by atoms with Crippen molar-refractivity contribution in [2.45, 2.75) is 13.8 Å². The predicted octanol–water partition coefficient (Wildman–Crippen LogP) is 6.10. The predicted molar refractivity (Wildman–Crippen MR) is 134 cm³/mol. The molecule has 0 atom stereocenters. The summed E-state index contributed by atoms with van der Waals surface area (Å²) in [5, 5.41) is 0. The molecule has 0 radical (unpaired) electrons. The maximum atomic E-state index is 13.6. The number of anilines is 2. The number of para-hydroxylation sites is 2. The lowest BCUT2D eigenvalue weighted by Crippen LogP contribution is -2.20. The first-order valence-corrected chi connectivity index (χ1v) is 11.1. The number of ether oxygens (including phenoxy) is 1. The van der Waals surface area contributed by atoms with Crippen LogP contribution in [0.2, 0.25) is 0 Å². The molecule has 1 aromatic heterocycles. The molecule has 0 N–H and O–H groups in total. The number of hydrogen-bond donors (Lipinski definition) is 0. The molecule has 0 saturated heterocycles. The first-order valence-electron chi connectivity index (χ1n) is 11.1. The molecule has 2 heterocycles. The number of amides is 1. The zero-order valence-corrected chi connectivity index (χ0v) is 19.3. The van der Waals surface area contributed by atoms with Crippen molar-refractivity contribution in [2.24, 2.45) is 0 Å². The van der Waals surface area contributed by atoms with Gasteiger partial charge in [-0.1, -0.05) is 36.4 Å². The number of methoxy groups -OCH3 is 1. The Balaban J connectivity index is 1.57. The minimum absolute atomic E-state index is 0.0420. The Hall–Kier alpha value is -4.38. The number of aromatic nitrogens is 1. The summed E-state index contributed by atoms with van der Waals surface area (Å²) >= 11 is 0. The highest BCUT2D eigenvalue weighted by atomic mass is 16.5. The van der Waals surface area contributed by atoms with Gasteiger partial charge in [0, 0.05) is 28.3 Å². The van der Waals surface area contributed by atoms with Crippen molar-refractivity contribution in [3.63, 3.8) is 0 Å². The van der Waals surface area contributed by atoms with Crippen molar-refractivity contribution in [1.82, 2.24) is 4.57 Å². The van der Waals surface area contributed by atoms with Gasteiger partial charge in [-0.05, 0) is 74.0 Å². The molecule has 34 heavy (non-hydrogen) atoms. The molecule has 1 amide bonds. The molecular formula is C29H24N2O3. The maximum absolute atomic E-state index is 13.6. The Morgan fingerprint density at radius 2 is 1.53 bits per heavy atom. The molecule has 3 aromatic carbocycles. The van der Waals surface area contributed by atoms with Gasteiger partial charge in [0.15, 0.2) is 0 Å². The van der Waals surface area contributed by atoms with Gasteiger partial charge >= 0.3 is 5.97 Å². The number of carbonyl (C=O) groups excluding carboxylic acids is 2. The second-order valence-corrected chi connectivity index (χ2v) is 8.25. The minimum atomic E-state index is -0.362. The third kappa shape index (κ3) is 3.52. The lowest BCUT2D eigenvalue weighted by Gasteiger charge is -2.16. The number of aryl methyl sites for hydroxylation is 1. The fraction of sp³-hybridized carbons (Fsp3) is 0.103. The van der Waals surface area contributed by atoms with E-state index >= 15 is 0 Å². The van der Waals surface area contributed by atoms with Crippen LogP contribution in [0.15, 0.2) is 84.9 Å². The van der Waals surface area contributed by atoms with E-state index in [-0.39, 0.29) is 11.9 Å². The van der Waals surface area contributed by atoms with E-state index in [2.05, 4.69) is 10.6 Å². The third-order valence-electron chi connectivity index (χ3n) is 6.20. The third-order valence-corrected chi connectivity index (χ3v) is 6.20. The molecule has 0 spiro atoms. The largest absolute Gasteiger partial charge is 0.465 e. The van der Waals surface area contributed by atoms with E-state index in [9.17, 15) is 9.59 Å². The number of benzene rings is 3. The van der Waals surface area contributed by atoms with Crippen LogP contribution in [0.25, 0.3) is 17.3 Å². The van der Waals surface area contributed by atoms with Crippen LogP contribution in [0.1, 0.15) is 32.9 Å². The summed E-state index contributed by atoms with van der Waals surface area (Å²) in [6.45, 7) is 4.07. The summed E-state index contributed by atoms with van der Waals surface area (Å²) in [5.41, 5.74) is 7.79. The van der Waals surface area contributed by atoms with Crippen molar-refractivity contribution < 1.29 is 14.3 Å². The van der Waals surface area contributed by atoms with Gasteiger partial charge in [-0.15, -0.1) is 0 Å². The van der Waals surface area contributed by atoms with Crippen molar-refractivity contribution >= 4 is 34.9 Å². The smallest absolute Gasteiger partial charge is 0.337 e. The number of rotatable bonds is 4. The fourth-order valence-electron chi connectivity index (χ4n) is 4.57. The molecule has 0 saturated carbocycles.